The second kappa shape index (κ2) is 5.63. The SMILES string of the molecule is O=C([N]OC(=O)c1ccccc1)c1ccccc1. The highest BCUT2D eigenvalue weighted by Gasteiger charge is 2.12. The molecule has 18 heavy (non-hydrogen) atoms. The van der Waals surface area contributed by atoms with Crippen LogP contribution in [-0.4, -0.2) is 11.9 Å². The first-order valence-corrected chi connectivity index (χ1v) is 5.34. The van der Waals surface area contributed by atoms with Gasteiger partial charge in [0.15, 0.2) is 0 Å². The zero-order valence-corrected chi connectivity index (χ0v) is 9.45. The highest BCUT2D eigenvalue weighted by atomic mass is 16.7. The third-order valence-electron chi connectivity index (χ3n) is 2.24. The Kier molecular flexibility index (Phi) is 3.71. The number of carbonyl (C=O) groups is 2. The van der Waals surface area contributed by atoms with E-state index in [1.54, 1.807) is 60.7 Å². The summed E-state index contributed by atoms with van der Waals surface area (Å²) in [6, 6.07) is 16.8. The smallest absolute Gasteiger partial charge is 0.309 e. The molecule has 0 N–H and O–H groups in total. The molecule has 0 heterocycles. The van der Waals surface area contributed by atoms with E-state index in [9.17, 15) is 9.59 Å². The average Bonchev–Trinajstić information content (AvgIpc) is 2.46. The summed E-state index contributed by atoms with van der Waals surface area (Å²) in [4.78, 5) is 27.6. The number of carbonyl (C=O) groups excluding carboxylic acids is 2. The lowest BCUT2D eigenvalue weighted by atomic mass is 10.2. The van der Waals surface area contributed by atoms with Crippen molar-refractivity contribution in [2.24, 2.45) is 0 Å². The van der Waals surface area contributed by atoms with Crippen LogP contribution in [0.3, 0.4) is 0 Å². The van der Waals surface area contributed by atoms with Gasteiger partial charge in [0.2, 0.25) is 0 Å². The van der Waals surface area contributed by atoms with Gasteiger partial charge >= 0.3 is 11.9 Å². The molecule has 1 amide bonds. The van der Waals surface area contributed by atoms with E-state index in [1.165, 1.54) is 0 Å². The van der Waals surface area contributed by atoms with E-state index in [2.05, 4.69) is 10.3 Å². The van der Waals surface area contributed by atoms with Crippen molar-refractivity contribution in [2.45, 2.75) is 0 Å². The standard InChI is InChI=1S/C14H10NO3/c16-13(11-7-3-1-4-8-11)15-18-14(17)12-9-5-2-6-10-12/h1-10H. The zero-order valence-electron chi connectivity index (χ0n) is 9.45. The summed E-state index contributed by atoms with van der Waals surface area (Å²) in [7, 11) is 0. The molecule has 1 radical (unpaired) electrons. The minimum absolute atomic E-state index is 0.349. The van der Waals surface area contributed by atoms with Crippen LogP contribution >= 0.6 is 0 Å². The predicted octanol–water partition coefficient (Wildman–Crippen LogP) is 2.20. The first-order chi connectivity index (χ1) is 8.77. The Labute approximate surface area is 104 Å². The molecule has 0 aliphatic heterocycles. The van der Waals surface area contributed by atoms with Gasteiger partial charge in [0, 0.05) is 5.56 Å². The lowest BCUT2D eigenvalue weighted by Crippen LogP contribution is -2.20. The van der Waals surface area contributed by atoms with Crippen LogP contribution in [0.5, 0.6) is 0 Å². The zero-order chi connectivity index (χ0) is 12.8. The maximum Gasteiger partial charge on any atom is 0.365 e. The summed E-state index contributed by atoms with van der Waals surface area (Å²) >= 11 is 0. The van der Waals surface area contributed by atoms with Gasteiger partial charge in [-0.2, -0.15) is 0 Å². The van der Waals surface area contributed by atoms with Gasteiger partial charge in [-0.15, -0.1) is 0 Å². The lowest BCUT2D eigenvalue weighted by Gasteiger charge is -2.01. The van der Waals surface area contributed by atoms with Crippen molar-refractivity contribution in [2.75, 3.05) is 0 Å². The van der Waals surface area contributed by atoms with Crippen molar-refractivity contribution in [3.05, 3.63) is 71.8 Å². The molecule has 0 bridgehead atoms. The number of rotatable bonds is 2. The van der Waals surface area contributed by atoms with Gasteiger partial charge in [0.1, 0.15) is 0 Å². The van der Waals surface area contributed by atoms with Gasteiger partial charge in [0.05, 0.1) is 5.56 Å². The van der Waals surface area contributed by atoms with Crippen LogP contribution in [0, 0.1) is 0 Å². The van der Waals surface area contributed by atoms with Crippen molar-refractivity contribution >= 4 is 11.9 Å². The number of amides is 1. The van der Waals surface area contributed by atoms with Crippen LogP contribution in [0.4, 0.5) is 0 Å². The van der Waals surface area contributed by atoms with Crippen molar-refractivity contribution < 1.29 is 14.4 Å². The Morgan fingerprint density at radius 3 is 1.83 bits per heavy atom. The second-order valence-corrected chi connectivity index (χ2v) is 3.51. The van der Waals surface area contributed by atoms with E-state index in [1.807, 2.05) is 0 Å². The molecule has 0 saturated heterocycles. The van der Waals surface area contributed by atoms with E-state index < -0.39 is 11.9 Å². The molecule has 0 aliphatic rings. The van der Waals surface area contributed by atoms with E-state index in [0.29, 0.717) is 11.1 Å². The molecular formula is C14H10NO3. The molecule has 0 unspecified atom stereocenters. The van der Waals surface area contributed by atoms with Gasteiger partial charge in [0.25, 0.3) is 0 Å². The summed E-state index contributed by atoms with van der Waals surface area (Å²) < 4.78 is 0. The van der Waals surface area contributed by atoms with Crippen molar-refractivity contribution in [1.82, 2.24) is 5.48 Å². The Morgan fingerprint density at radius 1 is 0.778 bits per heavy atom. The monoisotopic (exact) mass is 240 g/mol. The normalized spacial score (nSPS) is 9.56. The van der Waals surface area contributed by atoms with Crippen molar-refractivity contribution in [1.29, 1.82) is 0 Å². The Bertz CT molecular complexity index is 486. The van der Waals surface area contributed by atoms with Gasteiger partial charge in [-0.1, -0.05) is 36.4 Å². The molecule has 2 rings (SSSR count). The van der Waals surface area contributed by atoms with E-state index in [0.717, 1.165) is 0 Å². The number of hydrogen-bond acceptors (Lipinski definition) is 3. The van der Waals surface area contributed by atoms with Gasteiger partial charge in [-0.05, 0) is 29.7 Å². The van der Waals surface area contributed by atoms with Gasteiger partial charge < -0.3 is 4.84 Å². The number of hydroxylamine groups is 1. The van der Waals surface area contributed by atoms with Gasteiger partial charge in [-0.3, -0.25) is 4.79 Å². The molecule has 2 aromatic rings. The van der Waals surface area contributed by atoms with Crippen LogP contribution in [0.1, 0.15) is 20.7 Å². The fourth-order valence-electron chi connectivity index (χ4n) is 1.34. The maximum absolute atomic E-state index is 11.5. The molecule has 89 valence electrons. The van der Waals surface area contributed by atoms with Crippen molar-refractivity contribution in [3.8, 4) is 0 Å². The molecular weight excluding hydrogens is 230 g/mol. The van der Waals surface area contributed by atoms with Crippen LogP contribution in [0.2, 0.25) is 0 Å². The molecule has 0 saturated carbocycles. The minimum atomic E-state index is -0.653. The summed E-state index contributed by atoms with van der Waals surface area (Å²) in [5, 5.41) is 0. The fourth-order valence-corrected chi connectivity index (χ4v) is 1.34. The average molecular weight is 240 g/mol. The molecule has 4 nitrogen and oxygen atoms in total. The predicted molar refractivity (Wildman–Crippen MR) is 64.8 cm³/mol. The Balaban J connectivity index is 1.93. The summed E-state index contributed by atoms with van der Waals surface area (Å²) in [5.41, 5.74) is 4.00. The molecule has 0 atom stereocenters. The maximum atomic E-state index is 11.5. The molecule has 0 fully saturated rings. The molecule has 0 spiro atoms. The van der Waals surface area contributed by atoms with E-state index >= 15 is 0 Å². The first-order valence-electron chi connectivity index (χ1n) is 5.34. The summed E-state index contributed by atoms with van der Waals surface area (Å²) in [6.45, 7) is 0. The van der Waals surface area contributed by atoms with Crippen molar-refractivity contribution in [3.63, 3.8) is 0 Å². The Hall–Kier alpha value is -2.62. The van der Waals surface area contributed by atoms with Crippen LogP contribution < -0.4 is 5.48 Å². The molecule has 2 aromatic carbocycles. The molecule has 0 aromatic heterocycles. The Morgan fingerprint density at radius 2 is 1.28 bits per heavy atom. The first kappa shape index (κ1) is 11.9. The third-order valence-corrected chi connectivity index (χ3v) is 2.24. The third kappa shape index (κ3) is 2.95. The number of benzene rings is 2. The largest absolute Gasteiger partial charge is 0.365 e. The highest BCUT2D eigenvalue weighted by molar-refractivity contribution is 5.95. The van der Waals surface area contributed by atoms with Gasteiger partial charge in [-0.25, -0.2) is 4.79 Å². The van der Waals surface area contributed by atoms with Crippen LogP contribution in [0.15, 0.2) is 60.7 Å². The topological polar surface area (TPSA) is 57.5 Å². The van der Waals surface area contributed by atoms with E-state index in [-0.39, 0.29) is 0 Å². The summed E-state index contributed by atoms with van der Waals surface area (Å²) in [5.74, 6) is -1.24. The molecule has 4 heteroatoms. The summed E-state index contributed by atoms with van der Waals surface area (Å²) in [6.07, 6.45) is 0. The quantitative estimate of drug-likeness (QED) is 0.756. The highest BCUT2D eigenvalue weighted by Crippen LogP contribution is 2.02. The van der Waals surface area contributed by atoms with Crippen LogP contribution in [-0.2, 0) is 4.84 Å². The lowest BCUT2D eigenvalue weighted by molar-refractivity contribution is 0.0204. The van der Waals surface area contributed by atoms with E-state index in [4.69, 9.17) is 0 Å². The van der Waals surface area contributed by atoms with Crippen LogP contribution in [0.25, 0.3) is 0 Å². The number of hydrogen-bond donors (Lipinski definition) is 0. The second-order valence-electron chi connectivity index (χ2n) is 3.51. The molecule has 0 aliphatic carbocycles. The minimum Gasteiger partial charge on any atom is -0.309 e. The fraction of sp³-hybridized carbons (Fsp3) is 0. The number of nitrogens with zero attached hydrogens (tertiary/aromatic N) is 1.